The molecule has 10 heteroatoms. The number of rotatable bonds is 12. The molecule has 2 atom stereocenters. The van der Waals surface area contributed by atoms with Gasteiger partial charge in [0.05, 0.1) is 16.6 Å². The molecule has 0 aliphatic rings. The van der Waals surface area contributed by atoms with Gasteiger partial charge in [-0.2, -0.15) is 0 Å². The molecule has 218 valence electrons. The van der Waals surface area contributed by atoms with E-state index in [4.69, 9.17) is 20.8 Å². The normalized spacial score (nSPS) is 12.9. The predicted molar refractivity (Wildman–Crippen MR) is 167 cm³/mol. The van der Waals surface area contributed by atoms with Crippen LogP contribution in [-0.2, 0) is 17.4 Å². The smallest absolute Gasteiger partial charge is 0.141 e. The van der Waals surface area contributed by atoms with Gasteiger partial charge in [0.25, 0.3) is 0 Å². The molecule has 42 heavy (non-hydrogen) atoms. The lowest BCUT2D eigenvalue weighted by Gasteiger charge is -2.27. The van der Waals surface area contributed by atoms with Gasteiger partial charge in [-0.3, -0.25) is 9.11 Å². The lowest BCUT2D eigenvalue weighted by atomic mass is 10.1. The summed E-state index contributed by atoms with van der Waals surface area (Å²) in [5.74, 6) is 2.80. The van der Waals surface area contributed by atoms with E-state index in [9.17, 15) is 8.60 Å². The van der Waals surface area contributed by atoms with Crippen LogP contribution >= 0.6 is 11.6 Å². The molecule has 0 aliphatic carbocycles. The van der Waals surface area contributed by atoms with Crippen LogP contribution in [0.5, 0.6) is 5.75 Å². The molecule has 5 rings (SSSR count). The Bertz CT molecular complexity index is 1710. The van der Waals surface area contributed by atoms with Crippen molar-refractivity contribution < 1.29 is 17.8 Å². The van der Waals surface area contributed by atoms with Gasteiger partial charge in [0.2, 0.25) is 0 Å². The van der Waals surface area contributed by atoms with Crippen LogP contribution in [0.3, 0.4) is 0 Å². The Kier molecular flexibility index (Phi) is 9.51. The highest BCUT2D eigenvalue weighted by atomic mass is 35.5. The second-order valence-corrected chi connectivity index (χ2v) is 11.7. The van der Waals surface area contributed by atoms with Crippen molar-refractivity contribution in [1.29, 1.82) is 0 Å². The first-order chi connectivity index (χ1) is 20.3. The lowest BCUT2D eigenvalue weighted by molar-refractivity contribution is 0.212. The number of ether oxygens (including phenoxy) is 1. The fourth-order valence-electron chi connectivity index (χ4n) is 4.87. The molecule has 1 N–H and O–H groups in total. The van der Waals surface area contributed by atoms with Gasteiger partial charge in [0.1, 0.15) is 41.8 Å². The fraction of sp³-hybridized carbons (Fsp3) is 0.250. The van der Waals surface area contributed by atoms with Crippen molar-refractivity contribution in [2.45, 2.75) is 26.5 Å². The van der Waals surface area contributed by atoms with Gasteiger partial charge in [0.15, 0.2) is 0 Å². The Hall–Kier alpha value is -3.79. The number of hydrogen-bond donors (Lipinski definition) is 1. The monoisotopic (exact) mass is 606 g/mol. The van der Waals surface area contributed by atoms with Crippen molar-refractivity contribution in [3.8, 4) is 17.1 Å². The minimum absolute atomic E-state index is 0.0637. The van der Waals surface area contributed by atoms with E-state index in [2.05, 4.69) is 34.0 Å². The van der Waals surface area contributed by atoms with E-state index in [1.54, 1.807) is 30.5 Å². The highest BCUT2D eigenvalue weighted by Crippen LogP contribution is 2.34. The predicted octanol–water partition coefficient (Wildman–Crippen LogP) is 7.77. The van der Waals surface area contributed by atoms with Crippen molar-refractivity contribution in [1.82, 2.24) is 14.9 Å². The summed E-state index contributed by atoms with van der Waals surface area (Å²) in [7, 11) is -0.968. The third-order valence-electron chi connectivity index (χ3n) is 7.00. The summed E-state index contributed by atoms with van der Waals surface area (Å²) in [6.45, 7) is 6.06. The molecule has 0 aliphatic heterocycles. The molecule has 0 saturated heterocycles. The number of nitrogens with zero attached hydrogens (tertiary/aromatic N) is 3. The van der Waals surface area contributed by atoms with Crippen molar-refractivity contribution in [3.05, 3.63) is 101 Å². The van der Waals surface area contributed by atoms with E-state index in [0.29, 0.717) is 33.7 Å². The second kappa shape index (κ2) is 13.5. The molecule has 2 aromatic heterocycles. The number of nitrogens with one attached hydrogen (secondary N) is 1. The van der Waals surface area contributed by atoms with Gasteiger partial charge < -0.3 is 14.5 Å². The Balaban J connectivity index is 1.37. The van der Waals surface area contributed by atoms with Crippen LogP contribution in [0.2, 0.25) is 5.02 Å². The van der Waals surface area contributed by atoms with E-state index in [1.807, 2.05) is 36.4 Å². The number of fused-ring (bicyclic) bond motifs is 1. The van der Waals surface area contributed by atoms with Crippen LogP contribution in [-0.4, -0.2) is 44.2 Å². The average molecular weight is 607 g/mol. The molecule has 0 bridgehead atoms. The molecule has 5 aromatic rings. The molecule has 7 nitrogen and oxygen atoms in total. The Labute approximate surface area is 252 Å². The minimum Gasteiger partial charge on any atom is -0.487 e. The third kappa shape index (κ3) is 6.98. The summed E-state index contributed by atoms with van der Waals surface area (Å²) >= 11 is 6.51. The summed E-state index contributed by atoms with van der Waals surface area (Å²) in [5, 5.41) is 4.56. The van der Waals surface area contributed by atoms with Gasteiger partial charge in [-0.25, -0.2) is 14.4 Å². The van der Waals surface area contributed by atoms with Crippen LogP contribution in [0.25, 0.3) is 22.2 Å². The molecule has 0 amide bonds. The van der Waals surface area contributed by atoms with Gasteiger partial charge in [-0.1, -0.05) is 37.6 Å². The number of hydrogen-bond acceptors (Lipinski definition) is 7. The summed E-state index contributed by atoms with van der Waals surface area (Å²) in [4.78, 5) is 11.2. The largest absolute Gasteiger partial charge is 0.487 e. The summed E-state index contributed by atoms with van der Waals surface area (Å²) < 4.78 is 37.7. The topological polar surface area (TPSA) is 80.5 Å². The Morgan fingerprint density at radius 3 is 2.62 bits per heavy atom. The van der Waals surface area contributed by atoms with Gasteiger partial charge >= 0.3 is 0 Å². The quantitative estimate of drug-likeness (QED) is 0.155. The van der Waals surface area contributed by atoms with E-state index >= 15 is 0 Å². The Morgan fingerprint density at radius 1 is 1.05 bits per heavy atom. The van der Waals surface area contributed by atoms with Crippen molar-refractivity contribution in [2.75, 3.05) is 30.4 Å². The van der Waals surface area contributed by atoms with E-state index in [0.717, 1.165) is 41.0 Å². The molecule has 2 heterocycles. The number of aromatic nitrogens is 2. The first-order valence-electron chi connectivity index (χ1n) is 13.7. The average Bonchev–Trinajstić information content (AvgIpc) is 3.47. The van der Waals surface area contributed by atoms with Crippen LogP contribution in [0.15, 0.2) is 83.5 Å². The van der Waals surface area contributed by atoms with Crippen molar-refractivity contribution in [3.63, 3.8) is 0 Å². The highest BCUT2D eigenvalue weighted by molar-refractivity contribution is 7.84. The third-order valence-corrected chi connectivity index (χ3v) is 8.08. The van der Waals surface area contributed by atoms with Gasteiger partial charge in [-0.15, -0.1) is 0 Å². The molecular weight excluding hydrogens is 575 g/mol. The molecule has 0 fully saturated rings. The minimum atomic E-state index is -0.968. The lowest BCUT2D eigenvalue weighted by Crippen LogP contribution is -2.31. The summed E-state index contributed by atoms with van der Waals surface area (Å²) in [5.41, 5.74) is 3.08. The van der Waals surface area contributed by atoms with E-state index < -0.39 is 10.8 Å². The van der Waals surface area contributed by atoms with Crippen molar-refractivity contribution >= 4 is 44.8 Å². The van der Waals surface area contributed by atoms with Crippen LogP contribution < -0.4 is 10.1 Å². The molecule has 1 unspecified atom stereocenters. The van der Waals surface area contributed by atoms with Gasteiger partial charge in [0, 0.05) is 39.4 Å². The zero-order valence-electron chi connectivity index (χ0n) is 23.6. The van der Waals surface area contributed by atoms with E-state index in [1.165, 1.54) is 18.5 Å². The second-order valence-electron chi connectivity index (χ2n) is 9.82. The van der Waals surface area contributed by atoms with Crippen LogP contribution in [0.1, 0.15) is 31.2 Å². The first kappa shape index (κ1) is 29.7. The van der Waals surface area contributed by atoms with Gasteiger partial charge in [-0.05, 0) is 79.3 Å². The SMILES string of the molecule is CCN(CC)C(C[S@](C)=O)c1ccc(-c2ccc3ncnc(Nc4ccc(OCc5cccc(F)c5)c(Cl)c4)c3c2)o1. The number of benzene rings is 3. The molecular formula is C32H32ClFN4O3S. The first-order valence-corrected chi connectivity index (χ1v) is 15.8. The molecule has 3 aromatic carbocycles. The van der Waals surface area contributed by atoms with Crippen LogP contribution in [0, 0.1) is 5.82 Å². The van der Waals surface area contributed by atoms with Crippen molar-refractivity contribution in [2.24, 2.45) is 0 Å². The standard InChI is InChI=1S/C32H32ClFN4O3S/c1-4-38(5-2)28(19-42(3)39)31-14-13-29(41-31)22-9-11-27-25(16-22)32(36-20-35-27)37-24-10-12-30(26(33)17-24)40-18-21-7-6-8-23(34)15-21/h6-17,20,28H,4-5,18-19H2,1-3H3,(H,35,36,37)/t28?,42-/m0/s1. The maximum Gasteiger partial charge on any atom is 0.141 e. The zero-order valence-corrected chi connectivity index (χ0v) is 25.2. The van der Waals surface area contributed by atoms with E-state index in [-0.39, 0.29) is 18.5 Å². The summed E-state index contributed by atoms with van der Waals surface area (Å²) in [6, 6.07) is 21.4. The molecule has 0 saturated carbocycles. The Morgan fingerprint density at radius 2 is 1.88 bits per heavy atom. The summed E-state index contributed by atoms with van der Waals surface area (Å²) in [6.07, 6.45) is 3.23. The molecule has 0 spiro atoms. The maximum atomic E-state index is 13.5. The fourth-order valence-corrected chi connectivity index (χ4v) is 5.93. The van der Waals surface area contributed by atoms with Crippen LogP contribution in [0.4, 0.5) is 15.9 Å². The number of anilines is 2. The maximum absolute atomic E-state index is 13.5. The highest BCUT2D eigenvalue weighted by Gasteiger charge is 2.23. The molecule has 0 radical (unpaired) electrons. The number of furan rings is 1. The number of halogens is 2. The zero-order chi connectivity index (χ0) is 29.6.